The molecule has 1 aromatic rings. The summed E-state index contributed by atoms with van der Waals surface area (Å²) >= 11 is 0. The molecular formula is C17H23N3O. The molecule has 2 aliphatic rings. The largest absolute Gasteiger partial charge is 0.370 e. The normalized spacial score (nSPS) is 16.6. The molecule has 0 atom stereocenters. The first-order chi connectivity index (χ1) is 10.1. The second-order valence-corrected chi connectivity index (χ2v) is 6.14. The van der Waals surface area contributed by atoms with Crippen LogP contribution in [0.2, 0.25) is 0 Å². The number of amidine groups is 1. The number of carbonyl (C=O) groups excluding carboxylic acids is 1. The summed E-state index contributed by atoms with van der Waals surface area (Å²) in [5.74, 6) is 1.06. The monoisotopic (exact) mass is 285 g/mol. The van der Waals surface area contributed by atoms with Gasteiger partial charge in [0.15, 0.2) is 0 Å². The van der Waals surface area contributed by atoms with Crippen molar-refractivity contribution in [1.82, 2.24) is 5.32 Å². The van der Waals surface area contributed by atoms with Crippen molar-refractivity contribution in [2.75, 3.05) is 24.5 Å². The van der Waals surface area contributed by atoms with E-state index in [1.165, 1.54) is 24.0 Å². The summed E-state index contributed by atoms with van der Waals surface area (Å²) in [5.41, 5.74) is 3.84. The number of carbonyl (C=O) groups is 1. The van der Waals surface area contributed by atoms with Gasteiger partial charge in [-0.1, -0.05) is 19.9 Å². The lowest BCUT2D eigenvalue weighted by Gasteiger charge is -2.25. The zero-order valence-electron chi connectivity index (χ0n) is 12.9. The smallest absolute Gasteiger partial charge is 0.229 e. The maximum atomic E-state index is 12.6. The van der Waals surface area contributed by atoms with Crippen LogP contribution in [0.4, 0.5) is 5.69 Å². The van der Waals surface area contributed by atoms with Gasteiger partial charge in [-0.15, -0.1) is 0 Å². The highest BCUT2D eigenvalue weighted by molar-refractivity contribution is 6.01. The van der Waals surface area contributed by atoms with Crippen molar-refractivity contribution in [2.24, 2.45) is 10.9 Å². The SMILES string of the molecule is CC(C)C(=O)N(CC1=NCCN1)c1ccc2c(c1)CCC2. The summed E-state index contributed by atoms with van der Waals surface area (Å²) in [6, 6.07) is 6.46. The lowest BCUT2D eigenvalue weighted by Crippen LogP contribution is -2.41. The molecule has 0 saturated heterocycles. The van der Waals surface area contributed by atoms with Gasteiger partial charge in [0.25, 0.3) is 0 Å². The van der Waals surface area contributed by atoms with E-state index < -0.39 is 0 Å². The number of nitrogens with one attached hydrogen (secondary N) is 1. The standard InChI is InChI=1S/C17H23N3O/c1-12(2)17(21)20(11-16-18-8-9-19-16)15-7-6-13-4-3-5-14(13)10-15/h6-7,10,12H,3-5,8-9,11H2,1-2H3,(H,18,19). The summed E-state index contributed by atoms with van der Waals surface area (Å²) < 4.78 is 0. The predicted octanol–water partition coefficient (Wildman–Crippen LogP) is 2.17. The van der Waals surface area contributed by atoms with E-state index in [-0.39, 0.29) is 11.8 Å². The molecule has 1 aliphatic carbocycles. The van der Waals surface area contributed by atoms with Crippen LogP contribution in [-0.4, -0.2) is 31.4 Å². The zero-order chi connectivity index (χ0) is 14.8. The Kier molecular flexibility index (Phi) is 3.95. The number of amides is 1. The average Bonchev–Trinajstić information content (AvgIpc) is 3.14. The number of aliphatic imine (C=N–C) groups is 1. The van der Waals surface area contributed by atoms with Crippen LogP contribution in [0.25, 0.3) is 0 Å². The molecule has 0 aromatic heterocycles. The van der Waals surface area contributed by atoms with Crippen molar-refractivity contribution in [3.63, 3.8) is 0 Å². The Morgan fingerprint density at radius 1 is 1.33 bits per heavy atom. The van der Waals surface area contributed by atoms with Crippen molar-refractivity contribution in [1.29, 1.82) is 0 Å². The molecule has 3 rings (SSSR count). The van der Waals surface area contributed by atoms with Gasteiger partial charge in [-0.2, -0.15) is 0 Å². The highest BCUT2D eigenvalue weighted by Gasteiger charge is 2.23. The number of rotatable bonds is 4. The average molecular weight is 285 g/mol. The number of anilines is 1. The molecule has 0 radical (unpaired) electrons. The van der Waals surface area contributed by atoms with Crippen LogP contribution in [0.1, 0.15) is 31.4 Å². The summed E-state index contributed by atoms with van der Waals surface area (Å²) in [6.45, 7) is 6.14. The van der Waals surface area contributed by atoms with Crippen molar-refractivity contribution in [3.05, 3.63) is 29.3 Å². The second-order valence-electron chi connectivity index (χ2n) is 6.14. The molecule has 1 heterocycles. The van der Waals surface area contributed by atoms with E-state index in [2.05, 4.69) is 28.5 Å². The molecule has 0 saturated carbocycles. The highest BCUT2D eigenvalue weighted by atomic mass is 16.2. The molecule has 4 heteroatoms. The lowest BCUT2D eigenvalue weighted by atomic mass is 10.1. The zero-order valence-corrected chi connectivity index (χ0v) is 12.9. The summed E-state index contributed by atoms with van der Waals surface area (Å²) in [5, 5.41) is 3.26. The van der Waals surface area contributed by atoms with Gasteiger partial charge in [-0.25, -0.2) is 0 Å². The van der Waals surface area contributed by atoms with Crippen molar-refractivity contribution < 1.29 is 4.79 Å². The summed E-state index contributed by atoms with van der Waals surface area (Å²) in [6.07, 6.45) is 3.53. The van der Waals surface area contributed by atoms with Crippen LogP contribution in [0.3, 0.4) is 0 Å². The van der Waals surface area contributed by atoms with Crippen LogP contribution in [0.15, 0.2) is 23.2 Å². The molecule has 0 bridgehead atoms. The van der Waals surface area contributed by atoms with E-state index in [0.717, 1.165) is 31.0 Å². The fourth-order valence-corrected chi connectivity index (χ4v) is 3.04. The molecule has 1 aromatic carbocycles. The molecule has 1 aliphatic heterocycles. The van der Waals surface area contributed by atoms with Gasteiger partial charge >= 0.3 is 0 Å². The van der Waals surface area contributed by atoms with Crippen LogP contribution in [0, 0.1) is 5.92 Å². The topological polar surface area (TPSA) is 44.7 Å². The first-order valence-electron chi connectivity index (χ1n) is 7.85. The minimum atomic E-state index is -0.0137. The number of hydrogen-bond donors (Lipinski definition) is 1. The van der Waals surface area contributed by atoms with Crippen molar-refractivity contribution in [3.8, 4) is 0 Å². The second kappa shape index (κ2) is 5.88. The summed E-state index contributed by atoms with van der Waals surface area (Å²) in [7, 11) is 0. The van der Waals surface area contributed by atoms with E-state index in [1.807, 2.05) is 18.7 Å². The maximum Gasteiger partial charge on any atom is 0.229 e. The number of aryl methyl sites for hydroxylation is 2. The first kappa shape index (κ1) is 14.1. The maximum absolute atomic E-state index is 12.6. The van der Waals surface area contributed by atoms with E-state index >= 15 is 0 Å². The predicted molar refractivity (Wildman–Crippen MR) is 86.0 cm³/mol. The van der Waals surface area contributed by atoms with Gasteiger partial charge in [0.1, 0.15) is 5.84 Å². The first-order valence-corrected chi connectivity index (χ1v) is 7.85. The third-order valence-corrected chi connectivity index (χ3v) is 4.21. The Labute approximate surface area is 126 Å². The Balaban J connectivity index is 1.88. The molecule has 0 spiro atoms. The third-order valence-electron chi connectivity index (χ3n) is 4.21. The van der Waals surface area contributed by atoms with Gasteiger partial charge < -0.3 is 10.2 Å². The molecule has 1 amide bonds. The molecule has 1 N–H and O–H groups in total. The molecule has 21 heavy (non-hydrogen) atoms. The fraction of sp³-hybridized carbons (Fsp3) is 0.529. The van der Waals surface area contributed by atoms with Gasteiger partial charge in [-0.3, -0.25) is 9.79 Å². The Hall–Kier alpha value is -1.84. The molecule has 0 fully saturated rings. The number of hydrogen-bond acceptors (Lipinski definition) is 3. The number of nitrogens with zero attached hydrogens (tertiary/aromatic N) is 2. The molecule has 112 valence electrons. The van der Waals surface area contributed by atoms with Crippen LogP contribution in [0.5, 0.6) is 0 Å². The van der Waals surface area contributed by atoms with Gasteiger partial charge in [0, 0.05) is 18.2 Å². The molecule has 0 unspecified atom stereocenters. The van der Waals surface area contributed by atoms with Crippen molar-refractivity contribution in [2.45, 2.75) is 33.1 Å². The fourth-order valence-electron chi connectivity index (χ4n) is 3.04. The minimum Gasteiger partial charge on any atom is -0.370 e. The van der Waals surface area contributed by atoms with Gasteiger partial charge in [-0.05, 0) is 42.5 Å². The lowest BCUT2D eigenvalue weighted by molar-refractivity contribution is -0.121. The molecular weight excluding hydrogens is 262 g/mol. The van der Waals surface area contributed by atoms with Crippen LogP contribution >= 0.6 is 0 Å². The van der Waals surface area contributed by atoms with E-state index in [9.17, 15) is 4.79 Å². The Morgan fingerprint density at radius 3 is 2.86 bits per heavy atom. The number of fused-ring (bicyclic) bond motifs is 1. The number of benzene rings is 1. The van der Waals surface area contributed by atoms with Crippen LogP contribution < -0.4 is 10.2 Å². The highest BCUT2D eigenvalue weighted by Crippen LogP contribution is 2.27. The Morgan fingerprint density at radius 2 is 2.14 bits per heavy atom. The van der Waals surface area contributed by atoms with Crippen LogP contribution in [-0.2, 0) is 17.6 Å². The quantitative estimate of drug-likeness (QED) is 0.921. The minimum absolute atomic E-state index is 0.0137. The Bertz CT molecular complexity index is 577. The van der Waals surface area contributed by atoms with E-state index in [0.29, 0.717) is 6.54 Å². The van der Waals surface area contributed by atoms with Gasteiger partial charge in [0.05, 0.1) is 13.1 Å². The summed E-state index contributed by atoms with van der Waals surface area (Å²) in [4.78, 5) is 18.9. The van der Waals surface area contributed by atoms with E-state index in [4.69, 9.17) is 0 Å². The van der Waals surface area contributed by atoms with Crippen molar-refractivity contribution >= 4 is 17.4 Å². The van der Waals surface area contributed by atoms with E-state index in [1.54, 1.807) is 0 Å². The molecule has 4 nitrogen and oxygen atoms in total. The van der Waals surface area contributed by atoms with Gasteiger partial charge in [0.2, 0.25) is 5.91 Å². The third kappa shape index (κ3) is 2.94.